The molecule has 1 saturated carbocycles. The third kappa shape index (κ3) is 3.22. The average Bonchev–Trinajstić information content (AvgIpc) is 3.50. The summed E-state index contributed by atoms with van der Waals surface area (Å²) in [5, 5.41) is 13.6. The van der Waals surface area contributed by atoms with E-state index in [9.17, 15) is 19.5 Å². The normalized spacial score (nSPS) is 23.8. The van der Waals surface area contributed by atoms with Gasteiger partial charge in [-0.2, -0.15) is 0 Å². The van der Waals surface area contributed by atoms with E-state index in [1.54, 1.807) is 17.0 Å². The van der Waals surface area contributed by atoms with Crippen LogP contribution < -0.4 is 11.1 Å². The lowest BCUT2D eigenvalue weighted by Crippen LogP contribution is -2.49. The van der Waals surface area contributed by atoms with Gasteiger partial charge in [0, 0.05) is 23.1 Å². The highest BCUT2D eigenvalue weighted by molar-refractivity contribution is 6.09. The van der Waals surface area contributed by atoms with Gasteiger partial charge in [-0.15, -0.1) is 0 Å². The summed E-state index contributed by atoms with van der Waals surface area (Å²) in [6.07, 6.45) is 1.19. The van der Waals surface area contributed by atoms with Crippen LogP contribution in [0, 0.1) is 5.92 Å². The van der Waals surface area contributed by atoms with Crippen molar-refractivity contribution >= 4 is 28.9 Å². The second-order valence-electron chi connectivity index (χ2n) is 9.87. The molecule has 180 valence electrons. The topological polar surface area (TPSA) is 138 Å². The number of para-hydroxylation sites is 1. The predicted molar refractivity (Wildman–Crippen MR) is 128 cm³/mol. The molecule has 2 amide bonds. The minimum atomic E-state index is -1.08. The number of nitrogens with zero attached hydrogens (tertiary/aromatic N) is 1. The van der Waals surface area contributed by atoms with Crippen molar-refractivity contribution in [3.8, 4) is 11.1 Å². The summed E-state index contributed by atoms with van der Waals surface area (Å²) >= 11 is 0. The first-order chi connectivity index (χ1) is 16.8. The van der Waals surface area contributed by atoms with Gasteiger partial charge in [0.05, 0.1) is 18.1 Å². The first kappa shape index (κ1) is 21.7. The molecule has 0 bridgehead atoms. The molecular weight excluding hydrogens is 448 g/mol. The van der Waals surface area contributed by atoms with Gasteiger partial charge in [0.15, 0.2) is 0 Å². The SMILES string of the molecule is C[C@@H](c1cccc2c(-c3ccc4c(c3)CNC4=O)c(C(=O)O)[nH]c12)N1CC2(CC(CN)C2)OC1=O. The van der Waals surface area contributed by atoms with E-state index in [0.29, 0.717) is 42.2 Å². The zero-order chi connectivity index (χ0) is 24.5. The van der Waals surface area contributed by atoms with Gasteiger partial charge in [0.25, 0.3) is 5.91 Å². The van der Waals surface area contributed by atoms with Crippen LogP contribution in [0.15, 0.2) is 36.4 Å². The first-order valence-corrected chi connectivity index (χ1v) is 11.8. The summed E-state index contributed by atoms with van der Waals surface area (Å²) in [5.74, 6) is -0.825. The number of aromatic amines is 1. The molecule has 3 heterocycles. The number of hydrogen-bond acceptors (Lipinski definition) is 5. The van der Waals surface area contributed by atoms with Gasteiger partial charge in [-0.05, 0) is 61.1 Å². The summed E-state index contributed by atoms with van der Waals surface area (Å²) in [5.41, 5.74) is 9.58. The molecule has 0 radical (unpaired) electrons. The van der Waals surface area contributed by atoms with Gasteiger partial charge in [-0.3, -0.25) is 9.69 Å². The Morgan fingerprint density at radius 3 is 2.83 bits per heavy atom. The molecule has 3 aliphatic rings. The van der Waals surface area contributed by atoms with E-state index in [1.165, 1.54) is 0 Å². The van der Waals surface area contributed by atoms with Gasteiger partial charge in [-0.1, -0.05) is 24.3 Å². The molecule has 1 aromatic heterocycles. The number of H-pyrrole nitrogens is 1. The van der Waals surface area contributed by atoms with Crippen LogP contribution in [0.3, 0.4) is 0 Å². The van der Waals surface area contributed by atoms with Crippen molar-refractivity contribution in [3.63, 3.8) is 0 Å². The molecule has 9 nitrogen and oxygen atoms in total. The Bertz CT molecular complexity index is 1400. The summed E-state index contributed by atoms with van der Waals surface area (Å²) in [7, 11) is 0. The molecule has 6 rings (SSSR count). The molecule has 1 atom stereocenters. The predicted octanol–water partition coefficient (Wildman–Crippen LogP) is 3.40. The number of rotatable bonds is 5. The molecule has 5 N–H and O–H groups in total. The first-order valence-electron chi connectivity index (χ1n) is 11.8. The number of amides is 2. The molecule has 0 unspecified atom stereocenters. The van der Waals surface area contributed by atoms with Crippen LogP contribution in [0.25, 0.3) is 22.0 Å². The number of nitrogens with two attached hydrogens (primary N) is 1. The molecule has 1 saturated heterocycles. The second kappa shape index (κ2) is 7.58. The fourth-order valence-electron chi connectivity index (χ4n) is 5.92. The summed E-state index contributed by atoms with van der Waals surface area (Å²) in [6.45, 7) is 3.43. The summed E-state index contributed by atoms with van der Waals surface area (Å²) in [4.78, 5) is 41.8. The van der Waals surface area contributed by atoms with Crippen molar-refractivity contribution in [3.05, 3.63) is 58.8 Å². The highest BCUT2D eigenvalue weighted by Crippen LogP contribution is 2.47. The van der Waals surface area contributed by atoms with Crippen LogP contribution in [0.4, 0.5) is 4.79 Å². The lowest BCUT2D eigenvalue weighted by Gasteiger charge is -2.42. The van der Waals surface area contributed by atoms with Crippen LogP contribution >= 0.6 is 0 Å². The quantitative estimate of drug-likeness (QED) is 0.447. The molecule has 2 aliphatic heterocycles. The highest BCUT2D eigenvalue weighted by Gasteiger charge is 2.54. The van der Waals surface area contributed by atoms with Crippen molar-refractivity contribution in [1.29, 1.82) is 0 Å². The Morgan fingerprint density at radius 1 is 1.29 bits per heavy atom. The number of ether oxygens (including phenoxy) is 1. The monoisotopic (exact) mass is 474 g/mol. The summed E-state index contributed by atoms with van der Waals surface area (Å²) in [6, 6.07) is 10.7. The lowest BCUT2D eigenvalue weighted by molar-refractivity contribution is -0.0439. The Balaban J connectivity index is 1.41. The van der Waals surface area contributed by atoms with Gasteiger partial charge in [-0.25, -0.2) is 9.59 Å². The van der Waals surface area contributed by atoms with E-state index in [0.717, 1.165) is 34.9 Å². The van der Waals surface area contributed by atoms with Crippen molar-refractivity contribution in [2.75, 3.05) is 13.1 Å². The number of nitrogens with one attached hydrogen (secondary N) is 2. The number of fused-ring (bicyclic) bond motifs is 2. The molecule has 1 spiro atoms. The zero-order valence-corrected chi connectivity index (χ0v) is 19.3. The van der Waals surface area contributed by atoms with E-state index < -0.39 is 11.6 Å². The molecular formula is C26H26N4O5. The molecule has 9 heteroatoms. The fraction of sp³-hybridized carbons (Fsp3) is 0.346. The molecule has 3 aromatic rings. The zero-order valence-electron chi connectivity index (χ0n) is 19.3. The Morgan fingerprint density at radius 2 is 2.09 bits per heavy atom. The molecule has 1 aliphatic carbocycles. The van der Waals surface area contributed by atoms with Crippen LogP contribution in [-0.2, 0) is 11.3 Å². The lowest BCUT2D eigenvalue weighted by atomic mass is 9.71. The van der Waals surface area contributed by atoms with Crippen LogP contribution in [0.2, 0.25) is 0 Å². The minimum Gasteiger partial charge on any atom is -0.477 e. The molecule has 2 aromatic carbocycles. The molecule has 2 fully saturated rings. The van der Waals surface area contributed by atoms with E-state index in [2.05, 4.69) is 10.3 Å². The van der Waals surface area contributed by atoms with E-state index in [-0.39, 0.29) is 23.7 Å². The van der Waals surface area contributed by atoms with Gasteiger partial charge >= 0.3 is 12.1 Å². The van der Waals surface area contributed by atoms with E-state index >= 15 is 0 Å². The van der Waals surface area contributed by atoms with Crippen LogP contribution in [0.1, 0.15) is 57.8 Å². The Hall–Kier alpha value is -3.85. The van der Waals surface area contributed by atoms with Crippen molar-refractivity contribution < 1.29 is 24.2 Å². The Kier molecular flexibility index (Phi) is 4.69. The van der Waals surface area contributed by atoms with E-state index in [1.807, 2.05) is 31.2 Å². The summed E-state index contributed by atoms with van der Waals surface area (Å²) < 4.78 is 5.77. The number of aromatic carboxylic acids is 1. The van der Waals surface area contributed by atoms with Crippen molar-refractivity contribution in [1.82, 2.24) is 15.2 Å². The smallest absolute Gasteiger partial charge is 0.411 e. The Labute approximate surface area is 201 Å². The standard InChI is InChI=1S/C26H26N4O5/c1-13(30-12-26(35-25(30)34)8-14(9-26)10-27)17-3-2-4-19-20(22(24(32)33)29-21(17)19)15-5-6-18-16(7-15)11-28-23(18)31/h2-7,13-14,29H,8-12,27H2,1H3,(H,28,31)(H,32,33)/t13-,14?,26?/m0/s1. The molecule has 35 heavy (non-hydrogen) atoms. The maximum atomic E-state index is 12.8. The van der Waals surface area contributed by atoms with Crippen molar-refractivity contribution in [2.45, 2.75) is 38.0 Å². The number of carboxylic acids is 1. The van der Waals surface area contributed by atoms with Crippen LogP contribution in [0.5, 0.6) is 0 Å². The maximum Gasteiger partial charge on any atom is 0.411 e. The van der Waals surface area contributed by atoms with Gasteiger partial charge < -0.3 is 25.9 Å². The number of hydrogen-bond donors (Lipinski definition) is 4. The average molecular weight is 475 g/mol. The van der Waals surface area contributed by atoms with E-state index in [4.69, 9.17) is 10.5 Å². The van der Waals surface area contributed by atoms with Gasteiger partial charge in [0.2, 0.25) is 0 Å². The van der Waals surface area contributed by atoms with Crippen molar-refractivity contribution in [2.24, 2.45) is 11.7 Å². The fourth-order valence-corrected chi connectivity index (χ4v) is 5.92. The minimum absolute atomic E-state index is 0.0714. The number of carbonyl (C=O) groups excluding carboxylic acids is 2. The maximum absolute atomic E-state index is 12.8. The number of carboxylic acid groups (broad SMARTS) is 1. The van der Waals surface area contributed by atoms with Crippen LogP contribution in [-0.4, -0.2) is 51.7 Å². The second-order valence-corrected chi connectivity index (χ2v) is 9.87. The van der Waals surface area contributed by atoms with Gasteiger partial charge in [0.1, 0.15) is 11.3 Å². The number of aromatic nitrogens is 1. The number of carbonyl (C=O) groups is 3. The third-order valence-corrected chi connectivity index (χ3v) is 7.73. The third-order valence-electron chi connectivity index (χ3n) is 7.73. The largest absolute Gasteiger partial charge is 0.477 e. The number of benzene rings is 2. The highest BCUT2D eigenvalue weighted by atomic mass is 16.6.